The van der Waals surface area contributed by atoms with Crippen molar-refractivity contribution >= 4 is 5.78 Å². The molecule has 1 aliphatic carbocycles. The van der Waals surface area contributed by atoms with Crippen molar-refractivity contribution in [2.24, 2.45) is 11.8 Å². The molecule has 0 N–H and O–H groups in total. The standard InChI is InChI=1S/C17H22O2/c1-12-7-9-13(10-8-12)16(18)15-6-2-4-14-5-3-11-19-17(14)15/h2,4,6,12-13H,3,5,7-11H2,1H3. The van der Waals surface area contributed by atoms with Gasteiger partial charge in [-0.2, -0.15) is 0 Å². The highest BCUT2D eigenvalue weighted by Gasteiger charge is 2.28. The molecule has 0 saturated heterocycles. The summed E-state index contributed by atoms with van der Waals surface area (Å²) in [5.74, 6) is 2.18. The predicted molar refractivity (Wildman–Crippen MR) is 75.7 cm³/mol. The van der Waals surface area contributed by atoms with E-state index in [1.54, 1.807) is 0 Å². The molecule has 0 spiro atoms. The molecule has 0 amide bonds. The lowest BCUT2D eigenvalue weighted by Gasteiger charge is -2.27. The Labute approximate surface area is 115 Å². The molecule has 0 unspecified atom stereocenters. The number of ether oxygens (including phenoxy) is 1. The molecular weight excluding hydrogens is 236 g/mol. The van der Waals surface area contributed by atoms with Crippen LogP contribution in [0, 0.1) is 11.8 Å². The normalized spacial score (nSPS) is 26.4. The fourth-order valence-electron chi connectivity index (χ4n) is 3.33. The number of fused-ring (bicyclic) bond motifs is 1. The summed E-state index contributed by atoms with van der Waals surface area (Å²) >= 11 is 0. The average Bonchev–Trinajstić information content (AvgIpc) is 2.47. The Morgan fingerprint density at radius 3 is 2.79 bits per heavy atom. The lowest BCUT2D eigenvalue weighted by Crippen LogP contribution is -2.22. The zero-order chi connectivity index (χ0) is 13.2. The van der Waals surface area contributed by atoms with Gasteiger partial charge in [0.15, 0.2) is 5.78 Å². The lowest BCUT2D eigenvalue weighted by atomic mass is 9.79. The van der Waals surface area contributed by atoms with E-state index in [0.29, 0.717) is 5.78 Å². The Morgan fingerprint density at radius 1 is 1.21 bits per heavy atom. The minimum Gasteiger partial charge on any atom is -0.493 e. The second-order valence-corrected chi connectivity index (χ2v) is 6.07. The van der Waals surface area contributed by atoms with Crippen molar-refractivity contribution in [3.05, 3.63) is 29.3 Å². The largest absolute Gasteiger partial charge is 0.493 e. The van der Waals surface area contributed by atoms with Crippen LogP contribution in [0.15, 0.2) is 18.2 Å². The highest BCUT2D eigenvalue weighted by atomic mass is 16.5. The molecular formula is C17H22O2. The number of benzene rings is 1. The summed E-state index contributed by atoms with van der Waals surface area (Å²) in [5, 5.41) is 0. The van der Waals surface area contributed by atoms with E-state index in [0.717, 1.165) is 49.5 Å². The number of ketones is 1. The molecule has 0 radical (unpaired) electrons. The van der Waals surface area contributed by atoms with Crippen LogP contribution in [0.4, 0.5) is 0 Å². The monoisotopic (exact) mass is 258 g/mol. The molecule has 3 rings (SSSR count). The molecule has 2 aliphatic rings. The number of carbonyl (C=O) groups excluding carboxylic acids is 1. The molecule has 1 aromatic carbocycles. The van der Waals surface area contributed by atoms with Gasteiger partial charge in [-0.3, -0.25) is 4.79 Å². The van der Waals surface area contributed by atoms with Gasteiger partial charge in [-0.25, -0.2) is 0 Å². The average molecular weight is 258 g/mol. The van der Waals surface area contributed by atoms with Crippen molar-refractivity contribution in [2.75, 3.05) is 6.61 Å². The summed E-state index contributed by atoms with van der Waals surface area (Å²) in [5.41, 5.74) is 2.04. The van der Waals surface area contributed by atoms with Gasteiger partial charge in [0, 0.05) is 5.92 Å². The zero-order valence-corrected chi connectivity index (χ0v) is 11.7. The molecule has 1 fully saturated rings. The van der Waals surface area contributed by atoms with Crippen molar-refractivity contribution < 1.29 is 9.53 Å². The van der Waals surface area contributed by atoms with Gasteiger partial charge in [-0.05, 0) is 43.2 Å². The first-order chi connectivity index (χ1) is 9.25. The summed E-state index contributed by atoms with van der Waals surface area (Å²) in [4.78, 5) is 12.7. The molecule has 2 nitrogen and oxygen atoms in total. The highest BCUT2D eigenvalue weighted by Crippen LogP contribution is 2.35. The van der Waals surface area contributed by atoms with E-state index < -0.39 is 0 Å². The first-order valence-electron chi connectivity index (χ1n) is 7.54. The van der Waals surface area contributed by atoms with E-state index in [1.165, 1.54) is 18.4 Å². The van der Waals surface area contributed by atoms with Crippen molar-refractivity contribution in [2.45, 2.75) is 45.4 Å². The quantitative estimate of drug-likeness (QED) is 0.749. The minimum absolute atomic E-state index is 0.216. The van der Waals surface area contributed by atoms with Gasteiger partial charge in [0.25, 0.3) is 0 Å². The number of carbonyl (C=O) groups is 1. The fraction of sp³-hybridized carbons (Fsp3) is 0.588. The van der Waals surface area contributed by atoms with Crippen LogP contribution in [0.3, 0.4) is 0 Å². The molecule has 0 atom stereocenters. The third-order valence-electron chi connectivity index (χ3n) is 4.59. The number of Topliss-reactive ketones (excluding diaryl/α,β-unsaturated/α-hetero) is 1. The summed E-state index contributed by atoms with van der Waals surface area (Å²) in [6.07, 6.45) is 6.57. The SMILES string of the molecule is CC1CCC(C(=O)c2cccc3c2OCCC3)CC1. The maximum Gasteiger partial charge on any atom is 0.169 e. The van der Waals surface area contributed by atoms with Crippen molar-refractivity contribution in [1.82, 2.24) is 0 Å². The predicted octanol–water partition coefficient (Wildman–Crippen LogP) is 4.02. The van der Waals surface area contributed by atoms with Crippen LogP contribution in [-0.4, -0.2) is 12.4 Å². The van der Waals surface area contributed by atoms with Crippen LogP contribution in [0.2, 0.25) is 0 Å². The van der Waals surface area contributed by atoms with Crippen LogP contribution in [0.1, 0.15) is 54.9 Å². The molecule has 1 aliphatic heterocycles. The van der Waals surface area contributed by atoms with Crippen molar-refractivity contribution in [1.29, 1.82) is 0 Å². The van der Waals surface area contributed by atoms with Crippen LogP contribution >= 0.6 is 0 Å². The molecule has 0 aromatic heterocycles. The molecule has 102 valence electrons. The number of aryl methyl sites for hydroxylation is 1. The number of hydrogen-bond donors (Lipinski definition) is 0. The van der Waals surface area contributed by atoms with E-state index in [-0.39, 0.29) is 5.92 Å². The Bertz CT molecular complexity index is 470. The van der Waals surface area contributed by atoms with Crippen molar-refractivity contribution in [3.63, 3.8) is 0 Å². The lowest BCUT2D eigenvalue weighted by molar-refractivity contribution is 0.0870. The van der Waals surface area contributed by atoms with Gasteiger partial charge in [0.2, 0.25) is 0 Å². The number of rotatable bonds is 2. The van der Waals surface area contributed by atoms with Crippen LogP contribution in [0.25, 0.3) is 0 Å². The second-order valence-electron chi connectivity index (χ2n) is 6.07. The Kier molecular flexibility index (Phi) is 3.58. The number of para-hydroxylation sites is 1. The van der Waals surface area contributed by atoms with Gasteiger partial charge in [0.05, 0.1) is 12.2 Å². The maximum absolute atomic E-state index is 12.7. The Hall–Kier alpha value is -1.31. The molecule has 2 heteroatoms. The van der Waals surface area contributed by atoms with Gasteiger partial charge < -0.3 is 4.74 Å². The van der Waals surface area contributed by atoms with Crippen LogP contribution < -0.4 is 4.74 Å². The smallest absolute Gasteiger partial charge is 0.169 e. The third kappa shape index (κ3) is 2.54. The van der Waals surface area contributed by atoms with Gasteiger partial charge in [-0.15, -0.1) is 0 Å². The van der Waals surface area contributed by atoms with Crippen LogP contribution in [-0.2, 0) is 6.42 Å². The van der Waals surface area contributed by atoms with Crippen molar-refractivity contribution in [3.8, 4) is 5.75 Å². The molecule has 0 bridgehead atoms. The van der Waals surface area contributed by atoms with Crippen LogP contribution in [0.5, 0.6) is 5.75 Å². The van der Waals surface area contributed by atoms with E-state index >= 15 is 0 Å². The van der Waals surface area contributed by atoms with E-state index in [4.69, 9.17) is 4.74 Å². The van der Waals surface area contributed by atoms with E-state index in [9.17, 15) is 4.79 Å². The first kappa shape index (κ1) is 12.7. The minimum atomic E-state index is 0.216. The summed E-state index contributed by atoms with van der Waals surface area (Å²) in [6.45, 7) is 3.03. The highest BCUT2D eigenvalue weighted by molar-refractivity contribution is 6.00. The third-order valence-corrected chi connectivity index (χ3v) is 4.59. The molecule has 1 heterocycles. The first-order valence-corrected chi connectivity index (χ1v) is 7.54. The molecule has 19 heavy (non-hydrogen) atoms. The van der Waals surface area contributed by atoms with Gasteiger partial charge >= 0.3 is 0 Å². The summed E-state index contributed by atoms with van der Waals surface area (Å²) < 4.78 is 5.77. The Morgan fingerprint density at radius 2 is 2.00 bits per heavy atom. The van der Waals surface area contributed by atoms with Gasteiger partial charge in [0.1, 0.15) is 5.75 Å². The van der Waals surface area contributed by atoms with E-state index in [1.807, 2.05) is 12.1 Å². The Balaban J connectivity index is 1.83. The van der Waals surface area contributed by atoms with E-state index in [2.05, 4.69) is 13.0 Å². The van der Waals surface area contributed by atoms with Gasteiger partial charge in [-0.1, -0.05) is 31.9 Å². The molecule has 1 aromatic rings. The summed E-state index contributed by atoms with van der Waals surface area (Å²) in [7, 11) is 0. The molecule has 1 saturated carbocycles. The summed E-state index contributed by atoms with van der Waals surface area (Å²) in [6, 6.07) is 6.05. The number of hydrogen-bond acceptors (Lipinski definition) is 2. The zero-order valence-electron chi connectivity index (χ0n) is 11.7. The topological polar surface area (TPSA) is 26.3 Å². The fourth-order valence-corrected chi connectivity index (χ4v) is 3.33. The maximum atomic E-state index is 12.7. The second kappa shape index (κ2) is 5.36.